The van der Waals surface area contributed by atoms with Crippen molar-refractivity contribution < 1.29 is 4.74 Å². The van der Waals surface area contributed by atoms with E-state index in [4.69, 9.17) is 10.5 Å². The highest BCUT2D eigenvalue weighted by Crippen LogP contribution is 2.48. The minimum Gasteiger partial charge on any atom is -0.378 e. The van der Waals surface area contributed by atoms with Crippen LogP contribution in [0.15, 0.2) is 0 Å². The van der Waals surface area contributed by atoms with Crippen LogP contribution in [0.5, 0.6) is 0 Å². The number of rotatable bonds is 4. The van der Waals surface area contributed by atoms with E-state index < -0.39 is 0 Å². The van der Waals surface area contributed by atoms with Gasteiger partial charge in [-0.25, -0.2) is 0 Å². The standard InChI is InChI=1S/C12H23NO/c1-2-5-10-8-12(10,13)9-11-6-3-4-7-14-11/h10-11H,2-9,13H2,1H3. The van der Waals surface area contributed by atoms with Gasteiger partial charge >= 0.3 is 0 Å². The molecule has 2 aliphatic rings. The first kappa shape index (κ1) is 10.4. The van der Waals surface area contributed by atoms with E-state index in [1.807, 2.05) is 0 Å². The highest BCUT2D eigenvalue weighted by atomic mass is 16.5. The monoisotopic (exact) mass is 197 g/mol. The highest BCUT2D eigenvalue weighted by molar-refractivity contribution is 5.08. The number of hydrogen-bond donors (Lipinski definition) is 1. The minimum absolute atomic E-state index is 0.151. The molecule has 1 saturated heterocycles. The van der Waals surface area contributed by atoms with E-state index in [9.17, 15) is 0 Å². The van der Waals surface area contributed by atoms with Gasteiger partial charge in [-0.2, -0.15) is 0 Å². The van der Waals surface area contributed by atoms with Crippen molar-refractivity contribution in [1.29, 1.82) is 0 Å². The molecule has 14 heavy (non-hydrogen) atoms. The molecule has 2 fully saturated rings. The number of nitrogens with two attached hydrogens (primary N) is 1. The van der Waals surface area contributed by atoms with Gasteiger partial charge in [0.1, 0.15) is 0 Å². The van der Waals surface area contributed by atoms with Crippen LogP contribution in [0, 0.1) is 5.92 Å². The molecule has 1 heterocycles. The van der Waals surface area contributed by atoms with E-state index >= 15 is 0 Å². The third-order valence-corrected chi connectivity index (χ3v) is 3.80. The number of hydrogen-bond acceptors (Lipinski definition) is 2. The molecular weight excluding hydrogens is 174 g/mol. The second-order valence-corrected chi connectivity index (χ2v) is 5.12. The van der Waals surface area contributed by atoms with Gasteiger partial charge < -0.3 is 10.5 Å². The molecule has 2 rings (SSSR count). The summed E-state index contributed by atoms with van der Waals surface area (Å²) in [7, 11) is 0. The summed E-state index contributed by atoms with van der Waals surface area (Å²) in [6, 6.07) is 0. The molecule has 2 heteroatoms. The van der Waals surface area contributed by atoms with Crippen LogP contribution in [0.4, 0.5) is 0 Å². The Morgan fingerprint density at radius 2 is 2.29 bits per heavy atom. The fourth-order valence-electron chi connectivity index (χ4n) is 2.78. The smallest absolute Gasteiger partial charge is 0.0592 e. The molecule has 1 saturated carbocycles. The van der Waals surface area contributed by atoms with Crippen molar-refractivity contribution in [3.8, 4) is 0 Å². The van der Waals surface area contributed by atoms with Crippen LogP contribution >= 0.6 is 0 Å². The molecule has 3 atom stereocenters. The van der Waals surface area contributed by atoms with Crippen molar-refractivity contribution >= 4 is 0 Å². The molecular formula is C12H23NO. The summed E-state index contributed by atoms with van der Waals surface area (Å²) in [5.74, 6) is 0.790. The Morgan fingerprint density at radius 3 is 2.93 bits per heavy atom. The summed E-state index contributed by atoms with van der Waals surface area (Å²) < 4.78 is 5.74. The van der Waals surface area contributed by atoms with Crippen molar-refractivity contribution in [2.75, 3.05) is 6.61 Å². The van der Waals surface area contributed by atoms with Gasteiger partial charge in [0.2, 0.25) is 0 Å². The topological polar surface area (TPSA) is 35.2 Å². The van der Waals surface area contributed by atoms with E-state index in [1.165, 1.54) is 38.5 Å². The van der Waals surface area contributed by atoms with E-state index in [1.54, 1.807) is 0 Å². The predicted molar refractivity (Wildman–Crippen MR) is 58.1 cm³/mol. The van der Waals surface area contributed by atoms with E-state index in [2.05, 4.69) is 6.92 Å². The molecule has 82 valence electrons. The van der Waals surface area contributed by atoms with Crippen molar-refractivity contribution in [3.05, 3.63) is 0 Å². The molecule has 1 aliphatic carbocycles. The van der Waals surface area contributed by atoms with E-state index in [0.29, 0.717) is 6.10 Å². The summed E-state index contributed by atoms with van der Waals surface area (Å²) in [5, 5.41) is 0. The lowest BCUT2D eigenvalue weighted by Gasteiger charge is -2.25. The zero-order valence-electron chi connectivity index (χ0n) is 9.30. The molecule has 0 aromatic heterocycles. The molecule has 2 nitrogen and oxygen atoms in total. The minimum atomic E-state index is 0.151. The van der Waals surface area contributed by atoms with Gasteiger partial charge in [0.05, 0.1) is 6.10 Å². The van der Waals surface area contributed by atoms with Crippen LogP contribution < -0.4 is 5.73 Å². The third-order valence-electron chi connectivity index (χ3n) is 3.80. The molecule has 0 aromatic carbocycles. The predicted octanol–water partition coefficient (Wildman–Crippen LogP) is 2.46. The molecule has 0 spiro atoms. The second kappa shape index (κ2) is 4.19. The van der Waals surface area contributed by atoms with Crippen LogP contribution in [-0.2, 0) is 4.74 Å². The molecule has 0 bridgehead atoms. The van der Waals surface area contributed by atoms with Crippen LogP contribution in [0.25, 0.3) is 0 Å². The molecule has 0 aromatic rings. The molecule has 0 radical (unpaired) electrons. The van der Waals surface area contributed by atoms with Crippen molar-refractivity contribution in [2.24, 2.45) is 11.7 Å². The summed E-state index contributed by atoms with van der Waals surface area (Å²) in [4.78, 5) is 0. The maximum Gasteiger partial charge on any atom is 0.0592 e. The van der Waals surface area contributed by atoms with Gasteiger partial charge in [0.25, 0.3) is 0 Å². The van der Waals surface area contributed by atoms with Crippen LogP contribution in [0.3, 0.4) is 0 Å². The lowest BCUT2D eigenvalue weighted by atomic mass is 9.98. The third kappa shape index (κ3) is 2.29. The Labute approximate surface area is 87.2 Å². The normalized spacial score (nSPS) is 42.4. The average molecular weight is 197 g/mol. The SMILES string of the molecule is CCCC1CC1(N)CC1CCCCO1. The Morgan fingerprint density at radius 1 is 1.43 bits per heavy atom. The first-order valence-electron chi connectivity index (χ1n) is 6.15. The largest absolute Gasteiger partial charge is 0.378 e. The van der Waals surface area contributed by atoms with Crippen LogP contribution in [0.1, 0.15) is 51.9 Å². The first-order chi connectivity index (χ1) is 6.74. The molecule has 1 aliphatic heterocycles. The van der Waals surface area contributed by atoms with Crippen LogP contribution in [-0.4, -0.2) is 18.2 Å². The zero-order chi connectivity index (χ0) is 10.0. The summed E-state index contributed by atoms with van der Waals surface area (Å²) in [6.45, 7) is 3.20. The quantitative estimate of drug-likeness (QED) is 0.751. The van der Waals surface area contributed by atoms with E-state index in [0.717, 1.165) is 18.9 Å². The molecule has 0 amide bonds. The van der Waals surface area contributed by atoms with Gasteiger partial charge in [-0.1, -0.05) is 13.3 Å². The Bertz CT molecular complexity index is 189. The summed E-state index contributed by atoms with van der Waals surface area (Å²) in [5.41, 5.74) is 6.48. The van der Waals surface area contributed by atoms with Gasteiger partial charge in [0, 0.05) is 12.1 Å². The Balaban J connectivity index is 1.74. The van der Waals surface area contributed by atoms with Crippen molar-refractivity contribution in [2.45, 2.75) is 63.5 Å². The van der Waals surface area contributed by atoms with Gasteiger partial charge in [-0.05, 0) is 44.4 Å². The van der Waals surface area contributed by atoms with Crippen molar-refractivity contribution in [1.82, 2.24) is 0 Å². The van der Waals surface area contributed by atoms with Gasteiger partial charge in [0.15, 0.2) is 0 Å². The highest BCUT2D eigenvalue weighted by Gasteiger charge is 2.50. The van der Waals surface area contributed by atoms with Gasteiger partial charge in [-0.15, -0.1) is 0 Å². The number of ether oxygens (including phenoxy) is 1. The Hall–Kier alpha value is -0.0800. The average Bonchev–Trinajstić information content (AvgIpc) is 2.78. The fourth-order valence-corrected chi connectivity index (χ4v) is 2.78. The maximum atomic E-state index is 6.33. The summed E-state index contributed by atoms with van der Waals surface area (Å²) in [6.07, 6.45) is 9.20. The Kier molecular flexibility index (Phi) is 3.13. The lowest BCUT2D eigenvalue weighted by Crippen LogP contribution is -2.33. The van der Waals surface area contributed by atoms with Crippen LogP contribution in [0.2, 0.25) is 0 Å². The first-order valence-corrected chi connectivity index (χ1v) is 6.15. The fraction of sp³-hybridized carbons (Fsp3) is 1.00. The summed E-state index contributed by atoms with van der Waals surface area (Å²) >= 11 is 0. The second-order valence-electron chi connectivity index (χ2n) is 5.12. The van der Waals surface area contributed by atoms with Gasteiger partial charge in [-0.3, -0.25) is 0 Å². The molecule has 2 N–H and O–H groups in total. The molecule has 3 unspecified atom stereocenters. The van der Waals surface area contributed by atoms with Crippen molar-refractivity contribution in [3.63, 3.8) is 0 Å². The van der Waals surface area contributed by atoms with E-state index in [-0.39, 0.29) is 5.54 Å². The lowest BCUT2D eigenvalue weighted by molar-refractivity contribution is 0.00462. The maximum absolute atomic E-state index is 6.33. The zero-order valence-corrected chi connectivity index (χ0v) is 9.30.